The number of ether oxygens (including phenoxy) is 1. The first kappa shape index (κ1) is 10.8. The molecule has 0 bridgehead atoms. The Morgan fingerprint density at radius 1 is 1.19 bits per heavy atom. The highest BCUT2D eigenvalue weighted by molar-refractivity contribution is 5.13. The largest absolute Gasteiger partial charge is 0.388 e. The van der Waals surface area contributed by atoms with Crippen LogP contribution in [0.1, 0.15) is 17.2 Å². The molecule has 0 aliphatic rings. The molecule has 0 amide bonds. The van der Waals surface area contributed by atoms with Crippen molar-refractivity contribution in [1.29, 1.82) is 0 Å². The summed E-state index contributed by atoms with van der Waals surface area (Å²) in [4.78, 5) is 4.02. The lowest BCUT2D eigenvalue weighted by atomic mass is 10.2. The minimum atomic E-state index is -0.158. The molecule has 1 aromatic carbocycles. The van der Waals surface area contributed by atoms with E-state index < -0.39 is 0 Å². The van der Waals surface area contributed by atoms with Crippen molar-refractivity contribution in [3.63, 3.8) is 0 Å². The zero-order chi connectivity index (χ0) is 11.2. The predicted octanol–water partition coefficient (Wildman–Crippen LogP) is 1.01. The van der Waals surface area contributed by atoms with Gasteiger partial charge < -0.3 is 9.84 Å². The van der Waals surface area contributed by atoms with Gasteiger partial charge in [-0.15, -0.1) is 0 Å². The second-order valence-electron chi connectivity index (χ2n) is 3.33. The summed E-state index contributed by atoms with van der Waals surface area (Å²) in [5, 5.41) is 15.3. The van der Waals surface area contributed by atoms with E-state index in [9.17, 15) is 0 Å². The molecule has 16 heavy (non-hydrogen) atoms. The number of benzene rings is 1. The molecule has 5 nitrogen and oxygen atoms in total. The molecular formula is C11H13N3O2. The quantitative estimate of drug-likeness (QED) is 0.787. The van der Waals surface area contributed by atoms with Gasteiger partial charge in [-0.3, -0.25) is 5.10 Å². The van der Waals surface area contributed by atoms with Crippen molar-refractivity contribution in [2.24, 2.45) is 0 Å². The van der Waals surface area contributed by atoms with Crippen molar-refractivity contribution in [3.05, 3.63) is 47.5 Å². The fraction of sp³-hybridized carbons (Fsp3) is 0.273. The number of hydrogen-bond acceptors (Lipinski definition) is 4. The van der Waals surface area contributed by atoms with E-state index in [0.717, 1.165) is 5.56 Å². The average molecular weight is 219 g/mol. The van der Waals surface area contributed by atoms with Crippen molar-refractivity contribution in [1.82, 2.24) is 15.2 Å². The van der Waals surface area contributed by atoms with Crippen LogP contribution in [0.2, 0.25) is 0 Å². The van der Waals surface area contributed by atoms with Gasteiger partial charge in [0.1, 0.15) is 13.2 Å². The van der Waals surface area contributed by atoms with Crippen LogP contribution in [0.15, 0.2) is 30.3 Å². The van der Waals surface area contributed by atoms with Crippen molar-refractivity contribution < 1.29 is 9.84 Å². The number of aliphatic hydroxyl groups excluding tert-OH is 1. The van der Waals surface area contributed by atoms with Crippen molar-refractivity contribution in [3.8, 4) is 0 Å². The molecule has 84 valence electrons. The van der Waals surface area contributed by atoms with Gasteiger partial charge in [-0.1, -0.05) is 30.3 Å². The molecule has 0 fully saturated rings. The number of aromatic nitrogens is 3. The van der Waals surface area contributed by atoms with Gasteiger partial charge in [0.15, 0.2) is 11.6 Å². The highest BCUT2D eigenvalue weighted by Gasteiger charge is 2.01. The van der Waals surface area contributed by atoms with Crippen molar-refractivity contribution in [2.75, 3.05) is 0 Å². The Kier molecular flexibility index (Phi) is 3.63. The molecule has 0 aliphatic carbocycles. The summed E-state index contributed by atoms with van der Waals surface area (Å²) in [7, 11) is 0. The lowest BCUT2D eigenvalue weighted by Gasteiger charge is -2.01. The Morgan fingerprint density at radius 2 is 2.00 bits per heavy atom. The summed E-state index contributed by atoms with van der Waals surface area (Å²) in [5.74, 6) is 1.01. The first-order valence-electron chi connectivity index (χ1n) is 5.01. The summed E-state index contributed by atoms with van der Waals surface area (Å²) in [6.07, 6.45) is 0. The molecule has 0 saturated carbocycles. The molecule has 0 unspecified atom stereocenters. The summed E-state index contributed by atoms with van der Waals surface area (Å²) in [6.45, 7) is 0.743. The van der Waals surface area contributed by atoms with Crippen molar-refractivity contribution >= 4 is 0 Å². The van der Waals surface area contributed by atoms with E-state index in [0.29, 0.717) is 24.9 Å². The maximum absolute atomic E-state index is 8.77. The molecule has 0 aliphatic heterocycles. The molecule has 1 heterocycles. The Labute approximate surface area is 93.1 Å². The predicted molar refractivity (Wildman–Crippen MR) is 57.2 cm³/mol. The summed E-state index contributed by atoms with van der Waals surface area (Å²) in [6, 6.07) is 9.90. The molecule has 0 radical (unpaired) electrons. The fourth-order valence-electron chi connectivity index (χ4n) is 1.31. The molecule has 2 rings (SSSR count). The van der Waals surface area contributed by atoms with Gasteiger partial charge in [-0.2, -0.15) is 5.10 Å². The molecular weight excluding hydrogens is 206 g/mol. The normalized spacial score (nSPS) is 10.6. The van der Waals surface area contributed by atoms with Crippen LogP contribution in [-0.4, -0.2) is 20.3 Å². The lowest BCUT2D eigenvalue weighted by molar-refractivity contribution is 0.102. The highest BCUT2D eigenvalue weighted by atomic mass is 16.5. The Morgan fingerprint density at radius 3 is 2.69 bits per heavy atom. The average Bonchev–Trinajstić information content (AvgIpc) is 2.78. The van der Waals surface area contributed by atoms with E-state index in [1.807, 2.05) is 30.3 Å². The maximum Gasteiger partial charge on any atom is 0.176 e. The molecule has 1 aromatic heterocycles. The van der Waals surface area contributed by atoms with Gasteiger partial charge in [-0.25, -0.2) is 4.98 Å². The van der Waals surface area contributed by atoms with E-state index in [1.54, 1.807) is 0 Å². The van der Waals surface area contributed by atoms with Gasteiger partial charge in [-0.05, 0) is 5.56 Å². The third-order valence-electron chi connectivity index (χ3n) is 2.07. The van der Waals surface area contributed by atoms with Crippen molar-refractivity contribution in [2.45, 2.75) is 19.8 Å². The number of aliphatic hydroxyl groups is 1. The minimum Gasteiger partial charge on any atom is -0.388 e. The lowest BCUT2D eigenvalue weighted by Crippen LogP contribution is -1.96. The number of rotatable bonds is 5. The first-order chi connectivity index (χ1) is 7.88. The molecule has 2 aromatic rings. The van der Waals surface area contributed by atoms with Gasteiger partial charge in [0.25, 0.3) is 0 Å². The van der Waals surface area contributed by atoms with Gasteiger partial charge >= 0.3 is 0 Å². The monoisotopic (exact) mass is 219 g/mol. The standard InChI is InChI=1S/C11H13N3O2/c15-6-10-12-11(14-13-10)8-16-7-9-4-2-1-3-5-9/h1-5,15H,6-8H2,(H,12,13,14). The number of aromatic amines is 1. The number of nitrogens with zero attached hydrogens (tertiary/aromatic N) is 2. The fourth-order valence-corrected chi connectivity index (χ4v) is 1.31. The minimum absolute atomic E-state index is 0.158. The number of hydrogen-bond donors (Lipinski definition) is 2. The van der Waals surface area contributed by atoms with E-state index in [2.05, 4.69) is 15.2 Å². The second-order valence-corrected chi connectivity index (χ2v) is 3.33. The van der Waals surface area contributed by atoms with Crippen LogP contribution in [0.4, 0.5) is 0 Å². The summed E-state index contributed by atoms with van der Waals surface area (Å²) in [5.41, 5.74) is 1.12. The van der Waals surface area contributed by atoms with Gasteiger partial charge in [0.05, 0.1) is 6.61 Å². The topological polar surface area (TPSA) is 71.0 Å². The second kappa shape index (κ2) is 5.39. The number of nitrogens with one attached hydrogen (secondary N) is 1. The zero-order valence-electron chi connectivity index (χ0n) is 8.76. The van der Waals surface area contributed by atoms with Crippen LogP contribution in [0.3, 0.4) is 0 Å². The SMILES string of the molecule is OCc1n[nH]c(COCc2ccccc2)n1. The van der Waals surface area contributed by atoms with Crippen LogP contribution in [0, 0.1) is 0 Å². The molecule has 0 atom stereocenters. The third kappa shape index (κ3) is 2.88. The highest BCUT2D eigenvalue weighted by Crippen LogP contribution is 2.02. The van der Waals surface area contributed by atoms with E-state index in [-0.39, 0.29) is 6.61 Å². The first-order valence-corrected chi connectivity index (χ1v) is 5.01. The Bertz CT molecular complexity index is 428. The van der Waals surface area contributed by atoms with Crippen LogP contribution in [-0.2, 0) is 24.6 Å². The molecule has 2 N–H and O–H groups in total. The smallest absolute Gasteiger partial charge is 0.176 e. The van der Waals surface area contributed by atoms with Gasteiger partial charge in [0.2, 0.25) is 0 Å². The maximum atomic E-state index is 8.77. The van der Waals surface area contributed by atoms with E-state index >= 15 is 0 Å². The third-order valence-corrected chi connectivity index (χ3v) is 2.07. The molecule has 0 saturated heterocycles. The summed E-state index contributed by atoms with van der Waals surface area (Å²) < 4.78 is 5.45. The van der Waals surface area contributed by atoms with Crippen LogP contribution in [0.25, 0.3) is 0 Å². The Balaban J connectivity index is 1.80. The summed E-state index contributed by atoms with van der Waals surface area (Å²) >= 11 is 0. The van der Waals surface area contributed by atoms with Crippen LogP contribution in [0.5, 0.6) is 0 Å². The van der Waals surface area contributed by atoms with Crippen LogP contribution < -0.4 is 0 Å². The van der Waals surface area contributed by atoms with Gasteiger partial charge in [0, 0.05) is 0 Å². The number of H-pyrrole nitrogens is 1. The van der Waals surface area contributed by atoms with E-state index in [1.165, 1.54) is 0 Å². The molecule has 0 spiro atoms. The molecule has 5 heteroatoms. The zero-order valence-corrected chi connectivity index (χ0v) is 8.76. The Hall–Kier alpha value is -1.72. The van der Waals surface area contributed by atoms with E-state index in [4.69, 9.17) is 9.84 Å². The van der Waals surface area contributed by atoms with Crippen LogP contribution >= 0.6 is 0 Å².